The van der Waals surface area contributed by atoms with Crippen molar-refractivity contribution in [1.29, 1.82) is 0 Å². The topological polar surface area (TPSA) is 0 Å². The Hall–Kier alpha value is -0.296. The van der Waals surface area contributed by atoms with Gasteiger partial charge in [-0.2, -0.15) is 36.4 Å². The summed E-state index contributed by atoms with van der Waals surface area (Å²) in [5.74, 6) is 0. The van der Waals surface area contributed by atoms with Crippen molar-refractivity contribution in [3.05, 3.63) is 60.7 Å². The van der Waals surface area contributed by atoms with Crippen LogP contribution in [-0.4, -0.2) is 0 Å². The Morgan fingerprint density at radius 3 is 1.00 bits per heavy atom. The van der Waals surface area contributed by atoms with E-state index in [1.807, 2.05) is 60.7 Å². The van der Waals surface area contributed by atoms with Gasteiger partial charge in [0.1, 0.15) is 0 Å². The molecule has 0 N–H and O–H groups in total. The van der Waals surface area contributed by atoms with Gasteiger partial charge in [-0.1, -0.05) is 0 Å². The van der Waals surface area contributed by atoms with E-state index in [2.05, 4.69) is 9.30 Å². The van der Waals surface area contributed by atoms with Crippen LogP contribution in [0.3, 0.4) is 0 Å². The van der Waals surface area contributed by atoms with Gasteiger partial charge >= 0.3 is 28.7 Å². The van der Waals surface area contributed by atoms with Crippen LogP contribution in [0.5, 0.6) is 0 Å². The molecule has 2 aromatic rings. The van der Waals surface area contributed by atoms with Gasteiger partial charge in [-0.3, -0.25) is 0 Å². The van der Waals surface area contributed by atoms with E-state index in [4.69, 9.17) is 0 Å². The van der Waals surface area contributed by atoms with Gasteiger partial charge in [0.2, 0.25) is 0 Å². The van der Waals surface area contributed by atoms with Gasteiger partial charge in [-0.15, -0.1) is 0 Å². The first-order valence-corrected chi connectivity index (χ1v) is 5.67. The van der Waals surface area contributed by atoms with Gasteiger partial charge in [0.25, 0.3) is 0 Å². The van der Waals surface area contributed by atoms with Crippen LogP contribution in [0.1, 0.15) is 0 Å². The molecule has 0 atom stereocenters. The number of rotatable bonds is 0. The van der Waals surface area contributed by atoms with E-state index in [0.717, 1.165) is 0 Å². The van der Waals surface area contributed by atoms with Gasteiger partial charge in [-0.05, 0) is 0 Å². The predicted molar refractivity (Wildman–Crippen MR) is 49.9 cm³/mol. The van der Waals surface area contributed by atoms with Crippen molar-refractivity contribution in [2.24, 2.45) is 0 Å². The first-order chi connectivity index (χ1) is 6.00. The fourth-order valence-electron chi connectivity index (χ4n) is 0.642. The fourth-order valence-corrected chi connectivity index (χ4v) is 0.642. The molecule has 62 valence electrons. The molecule has 0 aliphatic rings. The molecule has 0 aliphatic carbocycles. The summed E-state index contributed by atoms with van der Waals surface area (Å²) in [7, 11) is 4.64. The average Bonchev–Trinajstić information content (AvgIpc) is 2.87. The molecule has 2 heteroatoms. The monoisotopic (exact) mass is 213 g/mol. The normalized spacial score (nSPS) is 7.00. The maximum absolute atomic E-state index is 4.64. The average molecular weight is 214 g/mol. The molecule has 0 unspecified atom stereocenters. The Morgan fingerprint density at radius 2 is 0.917 bits per heavy atom. The van der Waals surface area contributed by atoms with Crippen LogP contribution in [-0.2, 0) is 19.4 Å². The zero-order chi connectivity index (χ0) is 9.07. The van der Waals surface area contributed by atoms with Crippen LogP contribution >= 0.6 is 9.30 Å². The molecule has 0 radical (unpaired) electrons. The summed E-state index contributed by atoms with van der Waals surface area (Å²) in [6.07, 6.45) is 0. The molecule has 0 nitrogen and oxygen atoms in total. The van der Waals surface area contributed by atoms with Crippen molar-refractivity contribution < 1.29 is 19.4 Å². The van der Waals surface area contributed by atoms with Gasteiger partial charge in [0, 0.05) is 0 Å². The smallest absolute Gasteiger partial charge is 0.172 e. The summed E-state index contributed by atoms with van der Waals surface area (Å²) in [5.41, 5.74) is 0. The molecule has 12 heavy (non-hydrogen) atoms. The van der Waals surface area contributed by atoms with Crippen molar-refractivity contribution in [3.63, 3.8) is 0 Å². The fraction of sp³-hybridized carbons (Fsp3) is 0. The maximum Gasteiger partial charge on any atom is -0.172 e. The molecule has 2 rings (SSSR count). The summed E-state index contributed by atoms with van der Waals surface area (Å²) in [4.78, 5) is 0. The van der Waals surface area contributed by atoms with Crippen molar-refractivity contribution in [3.8, 4) is 0 Å². The summed E-state index contributed by atoms with van der Waals surface area (Å²) >= 11 is 1.47. The second kappa shape index (κ2) is 10.7. The molecule has 2 aromatic carbocycles. The minimum absolute atomic E-state index is 1.47. The van der Waals surface area contributed by atoms with Crippen molar-refractivity contribution in [2.45, 2.75) is 0 Å². The van der Waals surface area contributed by atoms with E-state index in [-0.39, 0.29) is 0 Å². The standard InChI is InChI=1S/2C5H5.ClH.Ti/c2*1-2-4-5-3-1;;/h2*1-5H;1H;/q2*-1;;+2/p-1. The summed E-state index contributed by atoms with van der Waals surface area (Å²) in [6.45, 7) is 0. The molecule has 0 saturated heterocycles. The summed E-state index contributed by atoms with van der Waals surface area (Å²) in [6, 6.07) is 20.0. The molecular formula is C10H10ClTi-. The van der Waals surface area contributed by atoms with E-state index in [0.29, 0.717) is 0 Å². The van der Waals surface area contributed by atoms with Gasteiger partial charge in [-0.25, -0.2) is 24.3 Å². The molecule has 0 saturated carbocycles. The predicted octanol–water partition coefficient (Wildman–Crippen LogP) is 3.50. The van der Waals surface area contributed by atoms with E-state index < -0.39 is 0 Å². The molecule has 0 amide bonds. The maximum atomic E-state index is 4.64. The van der Waals surface area contributed by atoms with Crippen LogP contribution in [0, 0.1) is 0 Å². The molecule has 0 bridgehead atoms. The Morgan fingerprint density at radius 1 is 0.667 bits per heavy atom. The van der Waals surface area contributed by atoms with Crippen molar-refractivity contribution >= 4 is 9.30 Å². The van der Waals surface area contributed by atoms with E-state index >= 15 is 0 Å². The Bertz CT molecular complexity index is 149. The van der Waals surface area contributed by atoms with Crippen molar-refractivity contribution in [2.75, 3.05) is 0 Å². The van der Waals surface area contributed by atoms with Gasteiger partial charge < -0.3 is 0 Å². The summed E-state index contributed by atoms with van der Waals surface area (Å²) < 4.78 is 0. The van der Waals surface area contributed by atoms with Crippen LogP contribution in [0.25, 0.3) is 0 Å². The zero-order valence-corrected chi connectivity index (χ0v) is 8.97. The van der Waals surface area contributed by atoms with E-state index in [1.165, 1.54) is 19.4 Å². The molecule has 0 aliphatic heterocycles. The molecule has 0 aromatic heterocycles. The number of hydrogen-bond donors (Lipinski definition) is 0. The molecule has 0 spiro atoms. The summed E-state index contributed by atoms with van der Waals surface area (Å²) in [5, 5.41) is 0. The second-order valence-corrected chi connectivity index (χ2v) is 1.92. The van der Waals surface area contributed by atoms with Crippen LogP contribution in [0.15, 0.2) is 60.7 Å². The van der Waals surface area contributed by atoms with Crippen LogP contribution in [0.2, 0.25) is 0 Å². The van der Waals surface area contributed by atoms with Crippen molar-refractivity contribution in [1.82, 2.24) is 0 Å². The third-order valence-electron chi connectivity index (χ3n) is 1.11. The minimum atomic E-state index is 1.47. The Labute approximate surface area is 89.2 Å². The van der Waals surface area contributed by atoms with E-state index in [1.54, 1.807) is 0 Å². The van der Waals surface area contributed by atoms with Gasteiger partial charge in [0.15, 0.2) is 0 Å². The number of halogens is 1. The minimum Gasteiger partial charge on any atom is -0.214 e. The zero-order valence-electron chi connectivity index (χ0n) is 6.65. The molecular weight excluding hydrogens is 203 g/mol. The largest absolute Gasteiger partial charge is 0.214 e. The first-order valence-electron chi connectivity index (χ1n) is 3.52. The molecule has 0 heterocycles. The Kier molecular flexibility index (Phi) is 10.4. The quantitative estimate of drug-likeness (QED) is 0.464. The Balaban J connectivity index is 0.000000168. The third-order valence-corrected chi connectivity index (χ3v) is 1.11. The van der Waals surface area contributed by atoms with E-state index in [9.17, 15) is 0 Å². The first kappa shape index (κ1) is 11.7. The van der Waals surface area contributed by atoms with Crippen LogP contribution in [0.4, 0.5) is 0 Å². The van der Waals surface area contributed by atoms with Crippen LogP contribution < -0.4 is 0 Å². The molecule has 0 fully saturated rings. The second-order valence-electron chi connectivity index (χ2n) is 1.92. The van der Waals surface area contributed by atoms with Gasteiger partial charge in [0.05, 0.1) is 0 Å². The SMILES string of the molecule is [Cl][Ti+].c1cc[cH-]c1.c1cc[cH-]c1. The third kappa shape index (κ3) is 7.81. The number of hydrogen-bond acceptors (Lipinski definition) is 0.